The van der Waals surface area contributed by atoms with Gasteiger partial charge >= 0.3 is 12.1 Å². The quantitative estimate of drug-likeness (QED) is 0.565. The minimum atomic E-state index is -1.02. The molecule has 136 valence electrons. The second-order valence-corrected chi connectivity index (χ2v) is 6.91. The van der Waals surface area contributed by atoms with E-state index in [1.807, 2.05) is 6.92 Å². The summed E-state index contributed by atoms with van der Waals surface area (Å²) in [5.41, 5.74) is -1.62. The minimum absolute atomic E-state index is 0.0439. The van der Waals surface area contributed by atoms with Gasteiger partial charge in [0.1, 0.15) is 5.60 Å². The topological polar surface area (TPSA) is 84.9 Å². The maximum Gasteiger partial charge on any atom is 0.407 e. The van der Waals surface area contributed by atoms with Crippen molar-refractivity contribution in [1.82, 2.24) is 5.32 Å². The van der Waals surface area contributed by atoms with Crippen LogP contribution in [0.15, 0.2) is 0 Å². The lowest BCUT2D eigenvalue weighted by Gasteiger charge is -2.30. The highest BCUT2D eigenvalue weighted by Crippen LogP contribution is 2.28. The third-order valence-corrected chi connectivity index (χ3v) is 3.52. The summed E-state index contributed by atoms with van der Waals surface area (Å²) in [6.07, 6.45) is 2.98. The van der Waals surface area contributed by atoms with Crippen LogP contribution in [0.1, 0.15) is 66.7 Å². The molecule has 23 heavy (non-hydrogen) atoms. The summed E-state index contributed by atoms with van der Waals surface area (Å²) >= 11 is 0. The van der Waals surface area contributed by atoms with Gasteiger partial charge in [0.2, 0.25) is 0 Å². The number of carboxylic acids is 1. The fourth-order valence-corrected chi connectivity index (χ4v) is 2.24. The molecule has 0 aliphatic heterocycles. The first-order valence-electron chi connectivity index (χ1n) is 8.45. The number of ether oxygens (including phenoxy) is 2. The van der Waals surface area contributed by atoms with E-state index in [4.69, 9.17) is 9.47 Å². The van der Waals surface area contributed by atoms with Crippen LogP contribution in [0.5, 0.6) is 0 Å². The maximum atomic E-state index is 11.8. The number of carboxylic acid groups (broad SMARTS) is 1. The van der Waals surface area contributed by atoms with Crippen molar-refractivity contribution in [3.63, 3.8) is 0 Å². The average molecular weight is 331 g/mol. The van der Waals surface area contributed by atoms with Crippen LogP contribution in [0.4, 0.5) is 4.79 Å². The molecule has 6 nitrogen and oxygen atoms in total. The Morgan fingerprint density at radius 1 is 1.04 bits per heavy atom. The molecule has 6 heteroatoms. The first kappa shape index (κ1) is 21.7. The molecule has 0 aliphatic rings. The van der Waals surface area contributed by atoms with E-state index in [1.165, 1.54) is 0 Å². The number of aliphatic carboxylic acids is 1. The van der Waals surface area contributed by atoms with Crippen molar-refractivity contribution in [3.05, 3.63) is 0 Å². The minimum Gasteiger partial charge on any atom is -0.481 e. The monoisotopic (exact) mass is 331 g/mol. The van der Waals surface area contributed by atoms with E-state index >= 15 is 0 Å². The number of alkyl carbamates (subject to hydrolysis) is 1. The largest absolute Gasteiger partial charge is 0.481 e. The number of hydrogen-bond acceptors (Lipinski definition) is 4. The first-order chi connectivity index (χ1) is 10.7. The van der Waals surface area contributed by atoms with Crippen molar-refractivity contribution in [2.45, 2.75) is 72.3 Å². The number of hydrogen-bond donors (Lipinski definition) is 2. The van der Waals surface area contributed by atoms with Gasteiger partial charge in [0.25, 0.3) is 0 Å². The molecule has 0 aromatic carbocycles. The van der Waals surface area contributed by atoms with Crippen LogP contribution in [0.25, 0.3) is 0 Å². The molecule has 0 aromatic heterocycles. The van der Waals surface area contributed by atoms with Crippen LogP contribution in [-0.4, -0.2) is 42.5 Å². The Morgan fingerprint density at radius 2 is 1.70 bits per heavy atom. The van der Waals surface area contributed by atoms with Crippen molar-refractivity contribution in [2.75, 3.05) is 19.8 Å². The van der Waals surface area contributed by atoms with Crippen molar-refractivity contribution in [3.8, 4) is 0 Å². The summed E-state index contributed by atoms with van der Waals surface area (Å²) in [4.78, 5) is 23.6. The van der Waals surface area contributed by atoms with Crippen LogP contribution < -0.4 is 5.32 Å². The van der Waals surface area contributed by atoms with E-state index in [0.717, 1.165) is 19.3 Å². The number of nitrogens with one attached hydrogen (secondary N) is 1. The molecule has 0 aromatic rings. The molecule has 0 radical (unpaired) electrons. The van der Waals surface area contributed by atoms with E-state index in [-0.39, 0.29) is 6.54 Å². The molecule has 1 unspecified atom stereocenters. The Kier molecular flexibility index (Phi) is 9.88. The molecule has 0 rings (SSSR count). The van der Waals surface area contributed by atoms with Gasteiger partial charge in [-0.1, -0.05) is 26.7 Å². The molecule has 0 bridgehead atoms. The normalized spacial score (nSPS) is 14.1. The summed E-state index contributed by atoms with van der Waals surface area (Å²) < 4.78 is 10.7. The molecule has 1 amide bonds. The third kappa shape index (κ3) is 9.43. The summed E-state index contributed by atoms with van der Waals surface area (Å²) in [6, 6.07) is 0. The number of rotatable bonds is 11. The van der Waals surface area contributed by atoms with Gasteiger partial charge in [0.05, 0.1) is 5.41 Å². The van der Waals surface area contributed by atoms with Crippen LogP contribution in [0.2, 0.25) is 0 Å². The lowest BCUT2D eigenvalue weighted by atomic mass is 9.80. The van der Waals surface area contributed by atoms with Crippen LogP contribution in [0, 0.1) is 5.41 Å². The molecule has 2 N–H and O–H groups in total. The Morgan fingerprint density at radius 3 is 2.17 bits per heavy atom. The van der Waals surface area contributed by atoms with Crippen molar-refractivity contribution < 1.29 is 24.2 Å². The van der Waals surface area contributed by atoms with Gasteiger partial charge in [0, 0.05) is 19.8 Å². The fourth-order valence-electron chi connectivity index (χ4n) is 2.24. The van der Waals surface area contributed by atoms with Gasteiger partial charge in [-0.2, -0.15) is 0 Å². The first-order valence-corrected chi connectivity index (χ1v) is 8.45. The van der Waals surface area contributed by atoms with E-state index in [9.17, 15) is 14.7 Å². The maximum absolute atomic E-state index is 11.8. The molecule has 0 aliphatic carbocycles. The zero-order valence-electron chi connectivity index (χ0n) is 15.2. The number of carbonyl (C=O) groups excluding carboxylic acids is 1. The van der Waals surface area contributed by atoms with Gasteiger partial charge in [0.15, 0.2) is 0 Å². The van der Waals surface area contributed by atoms with Crippen molar-refractivity contribution in [1.29, 1.82) is 0 Å². The summed E-state index contributed by atoms with van der Waals surface area (Å²) in [5, 5.41) is 12.3. The van der Waals surface area contributed by atoms with Gasteiger partial charge in [-0.3, -0.25) is 4.79 Å². The van der Waals surface area contributed by atoms with Crippen LogP contribution in [-0.2, 0) is 14.3 Å². The molecule has 1 atom stereocenters. The zero-order valence-corrected chi connectivity index (χ0v) is 15.2. The Labute approximate surface area is 139 Å². The lowest BCUT2D eigenvalue weighted by molar-refractivity contribution is -0.150. The standard InChI is InChI=1S/C17H33NO5/c1-6-8-11-22-12-10-17(9-7-2,14(19)20)13-18-15(21)23-16(3,4)5/h6-13H2,1-5H3,(H,18,21)(H,19,20). The average Bonchev–Trinajstić information content (AvgIpc) is 2.42. The van der Waals surface area contributed by atoms with Gasteiger partial charge in [-0.25, -0.2) is 4.79 Å². The van der Waals surface area contributed by atoms with Gasteiger partial charge < -0.3 is 19.9 Å². The summed E-state index contributed by atoms with van der Waals surface area (Å²) in [5.74, 6) is -0.908. The summed E-state index contributed by atoms with van der Waals surface area (Å²) in [7, 11) is 0. The lowest BCUT2D eigenvalue weighted by Crippen LogP contribution is -2.45. The van der Waals surface area contributed by atoms with Gasteiger partial charge in [-0.15, -0.1) is 0 Å². The highest BCUT2D eigenvalue weighted by molar-refractivity contribution is 5.76. The van der Waals surface area contributed by atoms with Crippen molar-refractivity contribution in [2.24, 2.45) is 5.41 Å². The number of unbranched alkanes of at least 4 members (excludes halogenated alkanes) is 1. The fraction of sp³-hybridized carbons (Fsp3) is 0.882. The molecular weight excluding hydrogens is 298 g/mol. The Balaban J connectivity index is 4.65. The predicted octanol–water partition coefficient (Wildman–Crippen LogP) is 3.59. The second kappa shape index (κ2) is 10.5. The SMILES string of the molecule is CCCCOCCC(CCC)(CNC(=O)OC(C)(C)C)C(=O)O. The van der Waals surface area contributed by atoms with E-state index < -0.39 is 23.1 Å². The Bertz CT molecular complexity index is 364. The molecule has 0 saturated carbocycles. The second-order valence-electron chi connectivity index (χ2n) is 6.91. The molecule has 0 spiro atoms. The number of amides is 1. The molecule has 0 fully saturated rings. The van der Waals surface area contributed by atoms with Crippen molar-refractivity contribution >= 4 is 12.1 Å². The highest BCUT2D eigenvalue weighted by atomic mass is 16.6. The van der Waals surface area contributed by atoms with E-state index in [2.05, 4.69) is 12.2 Å². The highest BCUT2D eigenvalue weighted by Gasteiger charge is 2.38. The molecule has 0 saturated heterocycles. The smallest absolute Gasteiger partial charge is 0.407 e. The van der Waals surface area contributed by atoms with E-state index in [0.29, 0.717) is 26.1 Å². The molecule has 0 heterocycles. The van der Waals surface area contributed by atoms with Crippen LogP contribution in [0.3, 0.4) is 0 Å². The molecular formula is C17H33NO5. The number of carbonyl (C=O) groups is 2. The summed E-state index contributed by atoms with van der Waals surface area (Å²) in [6.45, 7) is 10.4. The van der Waals surface area contributed by atoms with Gasteiger partial charge in [-0.05, 0) is 40.0 Å². The van der Waals surface area contributed by atoms with E-state index in [1.54, 1.807) is 20.8 Å². The Hall–Kier alpha value is -1.30. The zero-order chi connectivity index (χ0) is 17.9. The predicted molar refractivity (Wildman–Crippen MR) is 89.6 cm³/mol. The third-order valence-electron chi connectivity index (χ3n) is 3.52. The van der Waals surface area contributed by atoms with Crippen LogP contribution >= 0.6 is 0 Å².